The number of nitrogens with two attached hydrogens (primary N) is 1. The van der Waals surface area contributed by atoms with E-state index >= 15 is 0 Å². The molecule has 0 saturated carbocycles. The first-order chi connectivity index (χ1) is 10.2. The number of benzene rings is 1. The van der Waals surface area contributed by atoms with Crippen LogP contribution in [0.2, 0.25) is 0 Å². The van der Waals surface area contributed by atoms with Gasteiger partial charge in [0.1, 0.15) is 0 Å². The van der Waals surface area contributed by atoms with Crippen LogP contribution in [0.4, 0.5) is 4.79 Å². The molecule has 21 heavy (non-hydrogen) atoms. The summed E-state index contributed by atoms with van der Waals surface area (Å²) in [6.07, 6.45) is 4.29. The lowest BCUT2D eigenvalue weighted by atomic mass is 9.83. The number of hydrogen-bond donors (Lipinski definition) is 3. The van der Waals surface area contributed by atoms with Crippen LogP contribution in [0.25, 0.3) is 0 Å². The van der Waals surface area contributed by atoms with Crippen LogP contribution in [0.15, 0.2) is 24.3 Å². The van der Waals surface area contributed by atoms with E-state index < -0.39 is 0 Å². The Morgan fingerprint density at radius 1 is 1.24 bits per heavy atom. The molecule has 0 spiro atoms. The Morgan fingerprint density at radius 3 is 2.86 bits per heavy atom. The lowest BCUT2D eigenvalue weighted by molar-refractivity contribution is -0.118. The van der Waals surface area contributed by atoms with Gasteiger partial charge in [0.15, 0.2) is 0 Å². The van der Waals surface area contributed by atoms with E-state index in [-0.39, 0.29) is 11.9 Å². The number of nitrogens with one attached hydrogen (secondary N) is 2. The lowest BCUT2D eigenvalue weighted by Crippen LogP contribution is -2.38. The van der Waals surface area contributed by atoms with Gasteiger partial charge in [0, 0.05) is 25.4 Å². The van der Waals surface area contributed by atoms with Crippen molar-refractivity contribution in [1.82, 2.24) is 10.6 Å². The Kier molecular flexibility index (Phi) is 5.60. The highest BCUT2D eigenvalue weighted by Crippen LogP contribution is 2.30. The molecule has 0 heterocycles. The van der Waals surface area contributed by atoms with Crippen LogP contribution in [0, 0.1) is 0 Å². The molecule has 0 radical (unpaired) electrons. The average molecular weight is 289 g/mol. The van der Waals surface area contributed by atoms with Gasteiger partial charge in [-0.1, -0.05) is 24.3 Å². The highest BCUT2D eigenvalue weighted by molar-refractivity contribution is 5.75. The molecule has 0 saturated heterocycles. The molecule has 0 aliphatic heterocycles. The van der Waals surface area contributed by atoms with Crippen LogP contribution in [0.3, 0.4) is 0 Å². The Labute approximate surface area is 125 Å². The first-order valence-corrected chi connectivity index (χ1v) is 7.54. The predicted octanol–water partition coefficient (Wildman–Crippen LogP) is 1.67. The van der Waals surface area contributed by atoms with Crippen molar-refractivity contribution in [3.8, 4) is 0 Å². The maximum atomic E-state index is 11.7. The van der Waals surface area contributed by atoms with Crippen molar-refractivity contribution in [3.63, 3.8) is 0 Å². The molecule has 4 N–H and O–H groups in total. The molecule has 0 bridgehead atoms. The van der Waals surface area contributed by atoms with Crippen molar-refractivity contribution >= 4 is 11.9 Å². The van der Waals surface area contributed by atoms with Crippen molar-refractivity contribution in [3.05, 3.63) is 35.4 Å². The average Bonchev–Trinajstić information content (AvgIpc) is 2.49. The zero-order chi connectivity index (χ0) is 15.1. The molecule has 1 aliphatic rings. The predicted molar refractivity (Wildman–Crippen MR) is 82.0 cm³/mol. The Balaban J connectivity index is 1.74. The molecule has 0 unspecified atom stereocenters. The number of hydrogen-bond acceptors (Lipinski definition) is 2. The van der Waals surface area contributed by atoms with E-state index in [1.54, 1.807) is 0 Å². The minimum absolute atomic E-state index is 0.178. The van der Waals surface area contributed by atoms with E-state index in [0.29, 0.717) is 31.8 Å². The quantitative estimate of drug-likeness (QED) is 0.696. The molecule has 1 aromatic rings. The molecule has 0 aromatic heterocycles. The topological polar surface area (TPSA) is 84.2 Å². The highest BCUT2D eigenvalue weighted by atomic mass is 16.2. The first-order valence-electron chi connectivity index (χ1n) is 7.54. The van der Waals surface area contributed by atoms with Crippen LogP contribution in [0.5, 0.6) is 0 Å². The minimum Gasteiger partial charge on any atom is -0.370 e. The summed E-state index contributed by atoms with van der Waals surface area (Å²) >= 11 is 0. The third kappa shape index (κ3) is 4.77. The Hall–Kier alpha value is -2.04. The molecule has 1 aliphatic carbocycles. The van der Waals surface area contributed by atoms with Crippen molar-refractivity contribution in [2.75, 3.05) is 13.1 Å². The van der Waals surface area contributed by atoms with Gasteiger partial charge in [0.2, 0.25) is 5.91 Å². The van der Waals surface area contributed by atoms with Gasteiger partial charge in [0.25, 0.3) is 0 Å². The van der Waals surface area contributed by atoms with E-state index in [0.717, 1.165) is 12.8 Å². The fourth-order valence-corrected chi connectivity index (χ4v) is 2.81. The molecule has 5 nitrogen and oxygen atoms in total. The van der Waals surface area contributed by atoms with Crippen molar-refractivity contribution in [1.29, 1.82) is 0 Å². The summed E-state index contributed by atoms with van der Waals surface area (Å²) in [5, 5.41) is 5.66. The molecule has 2 rings (SSSR count). The number of primary amides is 1. The van der Waals surface area contributed by atoms with E-state index in [2.05, 4.69) is 34.9 Å². The number of amides is 3. The third-order valence-corrected chi connectivity index (χ3v) is 3.89. The molecular formula is C16H23N3O2. The Bertz CT molecular complexity index is 502. The Morgan fingerprint density at radius 2 is 2.05 bits per heavy atom. The van der Waals surface area contributed by atoms with Crippen LogP contribution in [0.1, 0.15) is 42.7 Å². The molecule has 1 aromatic carbocycles. The largest absolute Gasteiger partial charge is 0.370 e. The van der Waals surface area contributed by atoms with Gasteiger partial charge in [-0.2, -0.15) is 0 Å². The van der Waals surface area contributed by atoms with Gasteiger partial charge in [-0.25, -0.2) is 4.79 Å². The monoisotopic (exact) mass is 289 g/mol. The fraction of sp³-hybridized carbons (Fsp3) is 0.500. The van der Waals surface area contributed by atoms with E-state index in [1.165, 1.54) is 17.5 Å². The maximum Gasteiger partial charge on any atom is 0.314 e. The zero-order valence-electron chi connectivity index (χ0n) is 12.2. The summed E-state index contributed by atoms with van der Waals surface area (Å²) in [6, 6.07) is 8.28. The van der Waals surface area contributed by atoms with Crippen molar-refractivity contribution in [2.45, 2.75) is 38.0 Å². The van der Waals surface area contributed by atoms with Gasteiger partial charge in [-0.3, -0.25) is 4.79 Å². The molecule has 3 amide bonds. The second kappa shape index (κ2) is 7.67. The van der Waals surface area contributed by atoms with Crippen LogP contribution < -0.4 is 16.4 Å². The number of carbonyl (C=O) groups excluding carboxylic acids is 2. The molecule has 0 fully saturated rings. The zero-order valence-corrected chi connectivity index (χ0v) is 12.2. The van der Waals surface area contributed by atoms with Crippen molar-refractivity contribution in [2.24, 2.45) is 5.73 Å². The molecule has 1 atom stereocenters. The SMILES string of the molecule is NC(=O)CCCNC(=O)NC[C@H]1CCCc2ccccc21. The third-order valence-electron chi connectivity index (χ3n) is 3.89. The number of rotatable bonds is 6. The number of urea groups is 1. The van der Waals surface area contributed by atoms with E-state index in [1.807, 2.05) is 0 Å². The normalized spacial score (nSPS) is 16.9. The molecular weight excluding hydrogens is 266 g/mol. The van der Waals surface area contributed by atoms with Gasteiger partial charge in [0.05, 0.1) is 0 Å². The van der Waals surface area contributed by atoms with E-state index in [9.17, 15) is 9.59 Å². The first kappa shape index (κ1) is 15.4. The summed E-state index contributed by atoms with van der Waals surface area (Å²) in [5.41, 5.74) is 7.80. The second-order valence-electron chi connectivity index (χ2n) is 5.49. The van der Waals surface area contributed by atoms with Crippen LogP contribution >= 0.6 is 0 Å². The summed E-state index contributed by atoms with van der Waals surface area (Å²) in [7, 11) is 0. The number of aryl methyl sites for hydroxylation is 1. The minimum atomic E-state index is -0.337. The van der Waals surface area contributed by atoms with Crippen molar-refractivity contribution < 1.29 is 9.59 Å². The van der Waals surface area contributed by atoms with Gasteiger partial charge in [-0.05, 0) is 36.8 Å². The van der Waals surface area contributed by atoms with Gasteiger partial charge < -0.3 is 16.4 Å². The summed E-state index contributed by atoms with van der Waals surface area (Å²) in [5.74, 6) is 0.0577. The standard InChI is InChI=1S/C16H23N3O2/c17-15(20)9-4-10-18-16(21)19-11-13-7-3-6-12-5-1-2-8-14(12)13/h1-2,5,8,13H,3-4,6-7,9-11H2,(H2,17,20)(H2,18,19,21)/t13-/m1/s1. The number of carbonyl (C=O) groups is 2. The number of fused-ring (bicyclic) bond motifs is 1. The maximum absolute atomic E-state index is 11.7. The van der Waals surface area contributed by atoms with Gasteiger partial charge in [-0.15, -0.1) is 0 Å². The molecule has 114 valence electrons. The summed E-state index contributed by atoms with van der Waals surface area (Å²) in [6.45, 7) is 1.12. The van der Waals surface area contributed by atoms with Crippen LogP contribution in [-0.2, 0) is 11.2 Å². The van der Waals surface area contributed by atoms with E-state index in [4.69, 9.17) is 5.73 Å². The second-order valence-corrected chi connectivity index (χ2v) is 5.49. The summed E-state index contributed by atoms with van der Waals surface area (Å²) < 4.78 is 0. The lowest BCUT2D eigenvalue weighted by Gasteiger charge is -2.25. The summed E-state index contributed by atoms with van der Waals surface area (Å²) in [4.78, 5) is 22.3. The fourth-order valence-electron chi connectivity index (χ4n) is 2.81. The smallest absolute Gasteiger partial charge is 0.314 e. The van der Waals surface area contributed by atoms with Crippen LogP contribution in [-0.4, -0.2) is 25.0 Å². The van der Waals surface area contributed by atoms with Gasteiger partial charge >= 0.3 is 6.03 Å². The molecule has 5 heteroatoms. The highest BCUT2D eigenvalue weighted by Gasteiger charge is 2.19.